The summed E-state index contributed by atoms with van der Waals surface area (Å²) in [5, 5.41) is 0.282. The molecule has 3 saturated carbocycles. The first-order valence-corrected chi connectivity index (χ1v) is 16.2. The molecule has 0 amide bonds. The SMILES string of the molecule is C[C@H](CO[Si](C)(C)C(C)(C)C)[C@H]1CC[C@H]2[C@@H]3CC[C@H]4C(F)=CCC[C@]4(C)[C@H]3CC[C@]12C. The van der Waals surface area contributed by atoms with E-state index in [-0.39, 0.29) is 22.2 Å². The van der Waals surface area contributed by atoms with Crippen LogP contribution in [0.15, 0.2) is 11.9 Å². The first kappa shape index (κ1) is 24.0. The molecule has 178 valence electrons. The maximum atomic E-state index is 14.8. The van der Waals surface area contributed by atoms with E-state index in [1.807, 2.05) is 6.08 Å². The van der Waals surface area contributed by atoms with Crippen molar-refractivity contribution in [3.05, 3.63) is 11.9 Å². The maximum Gasteiger partial charge on any atom is 0.191 e. The molecule has 3 fully saturated rings. The van der Waals surface area contributed by atoms with Crippen LogP contribution in [0.2, 0.25) is 18.1 Å². The lowest BCUT2D eigenvalue weighted by Crippen LogP contribution is -2.53. The minimum absolute atomic E-state index is 0.207. The second-order valence-electron chi connectivity index (χ2n) is 13.9. The first-order chi connectivity index (χ1) is 14.3. The van der Waals surface area contributed by atoms with Crippen molar-refractivity contribution in [1.29, 1.82) is 0 Å². The summed E-state index contributed by atoms with van der Waals surface area (Å²) in [7, 11) is -1.69. The van der Waals surface area contributed by atoms with E-state index in [1.165, 1.54) is 38.5 Å². The van der Waals surface area contributed by atoms with Crippen LogP contribution in [0.3, 0.4) is 0 Å². The van der Waals surface area contributed by atoms with Gasteiger partial charge in [-0.15, -0.1) is 0 Å². The number of fused-ring (bicyclic) bond motifs is 5. The lowest BCUT2D eigenvalue weighted by molar-refractivity contribution is -0.103. The zero-order valence-corrected chi connectivity index (χ0v) is 22.7. The highest BCUT2D eigenvalue weighted by Gasteiger charge is 2.60. The van der Waals surface area contributed by atoms with Crippen molar-refractivity contribution >= 4 is 8.32 Å². The Balaban J connectivity index is 1.48. The van der Waals surface area contributed by atoms with Gasteiger partial charge < -0.3 is 4.43 Å². The predicted molar refractivity (Wildman–Crippen MR) is 132 cm³/mol. The Morgan fingerprint density at radius 1 is 1.03 bits per heavy atom. The highest BCUT2D eigenvalue weighted by molar-refractivity contribution is 6.74. The highest BCUT2D eigenvalue weighted by atomic mass is 28.4. The van der Waals surface area contributed by atoms with Gasteiger partial charge in [-0.2, -0.15) is 0 Å². The molecule has 0 aromatic carbocycles. The molecule has 0 aromatic rings. The van der Waals surface area contributed by atoms with E-state index in [1.54, 1.807) is 0 Å². The average molecular weight is 449 g/mol. The van der Waals surface area contributed by atoms with Crippen LogP contribution in [-0.4, -0.2) is 14.9 Å². The van der Waals surface area contributed by atoms with Crippen LogP contribution in [0.4, 0.5) is 4.39 Å². The van der Waals surface area contributed by atoms with Crippen LogP contribution in [0.1, 0.15) is 92.9 Å². The molecule has 0 aliphatic heterocycles. The number of hydrogen-bond acceptors (Lipinski definition) is 1. The van der Waals surface area contributed by atoms with Gasteiger partial charge in [0, 0.05) is 12.5 Å². The quantitative estimate of drug-likeness (QED) is 0.390. The molecule has 0 saturated heterocycles. The molecular weight excluding hydrogens is 399 g/mol. The molecule has 4 aliphatic carbocycles. The third-order valence-electron chi connectivity index (χ3n) is 11.5. The van der Waals surface area contributed by atoms with Gasteiger partial charge in [-0.25, -0.2) is 4.39 Å². The zero-order valence-electron chi connectivity index (χ0n) is 21.7. The fourth-order valence-electron chi connectivity index (χ4n) is 8.58. The fraction of sp³-hybridized carbons (Fsp3) is 0.929. The molecule has 0 N–H and O–H groups in total. The molecule has 0 heterocycles. The minimum Gasteiger partial charge on any atom is -0.417 e. The van der Waals surface area contributed by atoms with Gasteiger partial charge in [-0.1, -0.05) is 47.6 Å². The van der Waals surface area contributed by atoms with Crippen molar-refractivity contribution in [3.8, 4) is 0 Å². The van der Waals surface area contributed by atoms with Gasteiger partial charge >= 0.3 is 0 Å². The molecule has 0 unspecified atom stereocenters. The molecule has 0 aromatic heterocycles. The summed E-state index contributed by atoms with van der Waals surface area (Å²) in [6.07, 6.45) is 11.8. The second kappa shape index (κ2) is 7.96. The normalized spacial score (nSPS) is 44.2. The van der Waals surface area contributed by atoms with E-state index < -0.39 is 8.32 Å². The van der Waals surface area contributed by atoms with Crippen molar-refractivity contribution in [2.24, 2.45) is 46.3 Å². The van der Waals surface area contributed by atoms with E-state index in [9.17, 15) is 4.39 Å². The first-order valence-electron chi connectivity index (χ1n) is 13.3. The molecule has 3 heteroatoms. The third-order valence-corrected chi connectivity index (χ3v) is 16.0. The van der Waals surface area contributed by atoms with Gasteiger partial charge in [0.15, 0.2) is 8.32 Å². The van der Waals surface area contributed by atoms with E-state index in [4.69, 9.17) is 4.43 Å². The maximum absolute atomic E-state index is 14.8. The smallest absolute Gasteiger partial charge is 0.191 e. The number of allylic oxidation sites excluding steroid dienone is 2. The monoisotopic (exact) mass is 448 g/mol. The Morgan fingerprint density at radius 2 is 1.71 bits per heavy atom. The van der Waals surface area contributed by atoms with Crippen molar-refractivity contribution < 1.29 is 8.82 Å². The second-order valence-corrected chi connectivity index (χ2v) is 18.7. The van der Waals surface area contributed by atoms with Gasteiger partial charge in [0.2, 0.25) is 0 Å². The molecule has 31 heavy (non-hydrogen) atoms. The molecule has 4 rings (SSSR count). The summed E-state index contributed by atoms with van der Waals surface area (Å²) in [6.45, 7) is 20.3. The van der Waals surface area contributed by atoms with Gasteiger partial charge in [0.05, 0.1) is 5.83 Å². The molecule has 0 radical (unpaired) electrons. The Kier molecular flexibility index (Phi) is 6.16. The van der Waals surface area contributed by atoms with Gasteiger partial charge in [-0.05, 0) is 110 Å². The van der Waals surface area contributed by atoms with Crippen molar-refractivity contribution in [2.75, 3.05) is 6.61 Å². The lowest BCUT2D eigenvalue weighted by Gasteiger charge is -2.60. The van der Waals surface area contributed by atoms with E-state index in [0.717, 1.165) is 43.1 Å². The summed E-state index contributed by atoms with van der Waals surface area (Å²) in [5.41, 5.74) is 0.669. The van der Waals surface area contributed by atoms with Crippen LogP contribution in [0.5, 0.6) is 0 Å². The van der Waals surface area contributed by atoms with Crippen molar-refractivity contribution in [2.45, 2.75) is 111 Å². The predicted octanol–water partition coefficient (Wildman–Crippen LogP) is 8.77. The standard InChI is InChI=1S/C28H49FOSi/c1-19(18-30-31(7,8)26(2,3)4)21-13-14-22-20-11-12-24-25(29)10-9-16-27(24,5)23(20)15-17-28(21,22)6/h10,19-24H,9,11-18H2,1-8H3/t19-,20+,21-,22+,23+,24+,27-,28-/m1/s1. The Morgan fingerprint density at radius 3 is 2.39 bits per heavy atom. The van der Waals surface area contributed by atoms with Gasteiger partial charge in [0.25, 0.3) is 0 Å². The summed E-state index contributed by atoms with van der Waals surface area (Å²) in [5.74, 6) is 4.27. The Bertz CT molecular complexity index is 708. The third kappa shape index (κ3) is 3.82. The molecule has 0 bridgehead atoms. The van der Waals surface area contributed by atoms with Gasteiger partial charge in [-0.3, -0.25) is 0 Å². The fourth-order valence-corrected chi connectivity index (χ4v) is 9.69. The van der Waals surface area contributed by atoms with Crippen molar-refractivity contribution in [1.82, 2.24) is 0 Å². The average Bonchev–Trinajstić information content (AvgIpc) is 3.02. The summed E-state index contributed by atoms with van der Waals surface area (Å²) in [4.78, 5) is 0. The number of hydrogen-bond donors (Lipinski definition) is 0. The van der Waals surface area contributed by atoms with Crippen LogP contribution < -0.4 is 0 Å². The highest BCUT2D eigenvalue weighted by Crippen LogP contribution is 2.68. The minimum atomic E-state index is -1.69. The zero-order chi connectivity index (χ0) is 22.8. The molecule has 1 nitrogen and oxygen atoms in total. The molecular formula is C28H49FOSi. The summed E-state index contributed by atoms with van der Waals surface area (Å²) in [6, 6.07) is 0. The summed E-state index contributed by atoms with van der Waals surface area (Å²) < 4.78 is 21.4. The lowest BCUT2D eigenvalue weighted by atomic mass is 9.45. The number of halogens is 1. The number of rotatable bonds is 4. The van der Waals surface area contributed by atoms with Crippen LogP contribution in [0.25, 0.3) is 0 Å². The Hall–Kier alpha value is -0.153. The van der Waals surface area contributed by atoms with Crippen LogP contribution in [0, 0.1) is 46.3 Å². The molecule has 8 atom stereocenters. The van der Waals surface area contributed by atoms with Crippen molar-refractivity contribution in [3.63, 3.8) is 0 Å². The van der Waals surface area contributed by atoms with Gasteiger partial charge in [0.1, 0.15) is 0 Å². The summed E-state index contributed by atoms with van der Waals surface area (Å²) >= 11 is 0. The molecule has 0 spiro atoms. The largest absolute Gasteiger partial charge is 0.417 e. The van der Waals surface area contributed by atoms with E-state index >= 15 is 0 Å². The van der Waals surface area contributed by atoms with Crippen LogP contribution >= 0.6 is 0 Å². The van der Waals surface area contributed by atoms with Crippen LogP contribution in [-0.2, 0) is 4.43 Å². The topological polar surface area (TPSA) is 9.23 Å². The van der Waals surface area contributed by atoms with E-state index in [0.29, 0.717) is 11.3 Å². The Labute approximate surface area is 193 Å². The molecule has 4 aliphatic rings. The van der Waals surface area contributed by atoms with E-state index in [2.05, 4.69) is 54.6 Å².